The summed E-state index contributed by atoms with van der Waals surface area (Å²) in [7, 11) is 4.31. The van der Waals surface area contributed by atoms with Gasteiger partial charge in [-0.3, -0.25) is 9.80 Å². The van der Waals surface area contributed by atoms with Crippen LogP contribution in [0.3, 0.4) is 0 Å². The first-order valence-electron chi connectivity index (χ1n) is 6.77. The summed E-state index contributed by atoms with van der Waals surface area (Å²) in [6.07, 6.45) is 0. The third kappa shape index (κ3) is 3.94. The Balaban J connectivity index is 2.58. The summed E-state index contributed by atoms with van der Waals surface area (Å²) < 4.78 is 0. The Kier molecular flexibility index (Phi) is 4.61. The van der Waals surface area contributed by atoms with Crippen LogP contribution in [-0.2, 0) is 0 Å². The lowest BCUT2D eigenvalue weighted by Crippen LogP contribution is -2.60. The van der Waals surface area contributed by atoms with E-state index in [1.165, 1.54) is 13.1 Å². The molecule has 0 spiro atoms. The van der Waals surface area contributed by atoms with Crippen LogP contribution in [0.25, 0.3) is 0 Å². The number of piperazine rings is 1. The number of nitrogens with one attached hydrogen (secondary N) is 1. The molecule has 3 heteroatoms. The maximum absolute atomic E-state index is 3.47. The molecule has 1 atom stereocenters. The van der Waals surface area contributed by atoms with E-state index in [0.717, 1.165) is 13.1 Å². The molecule has 1 N–H and O–H groups in total. The molecule has 1 rings (SSSR count). The largest absolute Gasteiger partial charge is 0.315 e. The van der Waals surface area contributed by atoms with Crippen LogP contribution >= 0.6 is 0 Å². The maximum atomic E-state index is 3.47. The zero-order valence-electron chi connectivity index (χ0n) is 12.8. The normalized spacial score (nSPS) is 24.9. The molecule has 17 heavy (non-hydrogen) atoms. The quantitative estimate of drug-likeness (QED) is 0.810. The van der Waals surface area contributed by atoms with E-state index >= 15 is 0 Å². The van der Waals surface area contributed by atoms with Crippen LogP contribution in [0.2, 0.25) is 0 Å². The van der Waals surface area contributed by atoms with E-state index in [9.17, 15) is 0 Å². The van der Waals surface area contributed by atoms with Gasteiger partial charge < -0.3 is 5.32 Å². The van der Waals surface area contributed by atoms with Crippen molar-refractivity contribution in [3.05, 3.63) is 0 Å². The highest BCUT2D eigenvalue weighted by molar-refractivity contribution is 4.91. The van der Waals surface area contributed by atoms with E-state index in [4.69, 9.17) is 0 Å². The van der Waals surface area contributed by atoms with Crippen molar-refractivity contribution in [1.82, 2.24) is 15.1 Å². The van der Waals surface area contributed by atoms with Gasteiger partial charge in [0.05, 0.1) is 0 Å². The van der Waals surface area contributed by atoms with Crippen molar-refractivity contribution in [2.75, 3.05) is 40.3 Å². The molecule has 0 aromatic rings. The summed E-state index contributed by atoms with van der Waals surface area (Å²) in [5.41, 5.74) is 0.622. The van der Waals surface area contributed by atoms with Crippen LogP contribution < -0.4 is 5.32 Å². The van der Waals surface area contributed by atoms with E-state index in [1.807, 2.05) is 0 Å². The fraction of sp³-hybridized carbons (Fsp3) is 1.00. The summed E-state index contributed by atoms with van der Waals surface area (Å²) in [5.74, 6) is 0. The van der Waals surface area contributed by atoms with Crippen molar-refractivity contribution in [1.29, 1.82) is 0 Å². The molecule has 1 fully saturated rings. The first-order chi connectivity index (χ1) is 7.66. The maximum Gasteiger partial charge on any atom is 0.0277 e. The van der Waals surface area contributed by atoms with Gasteiger partial charge in [-0.1, -0.05) is 20.8 Å². The molecule has 0 saturated carbocycles. The number of likely N-dealkylation sites (N-methyl/N-ethyl adjacent to an activating group) is 2. The molecular weight excluding hydrogens is 210 g/mol. The van der Waals surface area contributed by atoms with Crippen LogP contribution in [0.1, 0.15) is 34.6 Å². The molecule has 1 aliphatic heterocycles. The summed E-state index contributed by atoms with van der Waals surface area (Å²) in [5, 5.41) is 3.47. The van der Waals surface area contributed by atoms with Gasteiger partial charge in [-0.05, 0) is 33.4 Å². The summed E-state index contributed by atoms with van der Waals surface area (Å²) in [6, 6.07) is 0.557. The van der Waals surface area contributed by atoms with Gasteiger partial charge in [0.15, 0.2) is 0 Å². The minimum atomic E-state index is 0.300. The molecule has 0 bridgehead atoms. The van der Waals surface area contributed by atoms with Crippen LogP contribution in [0.5, 0.6) is 0 Å². The van der Waals surface area contributed by atoms with Gasteiger partial charge in [-0.25, -0.2) is 0 Å². The van der Waals surface area contributed by atoms with Crippen LogP contribution in [-0.4, -0.2) is 61.7 Å². The van der Waals surface area contributed by atoms with E-state index < -0.39 is 0 Å². The molecule has 0 aromatic heterocycles. The molecule has 102 valence electrons. The average Bonchev–Trinajstić information content (AvgIpc) is 2.17. The highest BCUT2D eigenvalue weighted by Crippen LogP contribution is 2.23. The zero-order chi connectivity index (χ0) is 13.3. The monoisotopic (exact) mass is 241 g/mol. The fourth-order valence-electron chi connectivity index (χ4n) is 2.55. The highest BCUT2D eigenvalue weighted by Gasteiger charge is 2.33. The minimum Gasteiger partial charge on any atom is -0.315 e. The Labute approximate surface area is 108 Å². The highest BCUT2D eigenvalue weighted by atomic mass is 15.3. The number of hydrogen-bond donors (Lipinski definition) is 1. The molecule has 1 heterocycles. The molecule has 0 aliphatic carbocycles. The Morgan fingerprint density at radius 2 is 1.82 bits per heavy atom. The second-order valence-electron chi connectivity index (χ2n) is 7.18. The molecule has 0 amide bonds. The van der Waals surface area contributed by atoms with Crippen molar-refractivity contribution in [2.45, 2.75) is 46.2 Å². The summed E-state index contributed by atoms with van der Waals surface area (Å²) in [6.45, 7) is 16.3. The molecule has 3 nitrogen and oxygen atoms in total. The lowest BCUT2D eigenvalue weighted by molar-refractivity contribution is 0.0279. The Morgan fingerprint density at radius 1 is 1.24 bits per heavy atom. The van der Waals surface area contributed by atoms with Crippen molar-refractivity contribution < 1.29 is 0 Å². The van der Waals surface area contributed by atoms with Gasteiger partial charge in [0.1, 0.15) is 0 Å². The average molecular weight is 241 g/mol. The van der Waals surface area contributed by atoms with Gasteiger partial charge in [0, 0.05) is 37.8 Å². The standard InChI is InChI=1S/C14H31N3/c1-13(2,3)12(15-6)10-17-9-8-16(7)14(4,5)11-17/h12,15H,8-11H2,1-7H3. The lowest BCUT2D eigenvalue weighted by atomic mass is 9.86. The lowest BCUT2D eigenvalue weighted by Gasteiger charge is -2.47. The predicted octanol–water partition coefficient (Wildman–Crippen LogP) is 1.65. The van der Waals surface area contributed by atoms with Gasteiger partial charge in [-0.15, -0.1) is 0 Å². The van der Waals surface area contributed by atoms with Crippen LogP contribution in [0, 0.1) is 5.41 Å². The molecule has 1 aliphatic rings. The fourth-order valence-corrected chi connectivity index (χ4v) is 2.55. The first kappa shape index (κ1) is 14.9. The van der Waals surface area contributed by atoms with E-state index in [2.05, 4.69) is 63.8 Å². The molecule has 1 saturated heterocycles. The predicted molar refractivity (Wildman–Crippen MR) is 75.5 cm³/mol. The first-order valence-corrected chi connectivity index (χ1v) is 6.77. The van der Waals surface area contributed by atoms with Crippen molar-refractivity contribution in [2.24, 2.45) is 5.41 Å². The van der Waals surface area contributed by atoms with Crippen molar-refractivity contribution in [3.63, 3.8) is 0 Å². The third-order valence-corrected chi connectivity index (χ3v) is 4.23. The third-order valence-electron chi connectivity index (χ3n) is 4.23. The molecular formula is C14H31N3. The van der Waals surface area contributed by atoms with Crippen molar-refractivity contribution in [3.8, 4) is 0 Å². The number of nitrogens with zero attached hydrogens (tertiary/aromatic N) is 2. The summed E-state index contributed by atoms with van der Waals surface area (Å²) in [4.78, 5) is 5.07. The van der Waals surface area contributed by atoms with E-state index in [-0.39, 0.29) is 0 Å². The van der Waals surface area contributed by atoms with Gasteiger partial charge >= 0.3 is 0 Å². The van der Waals surface area contributed by atoms with E-state index in [0.29, 0.717) is 17.0 Å². The molecule has 0 aromatic carbocycles. The van der Waals surface area contributed by atoms with E-state index in [1.54, 1.807) is 0 Å². The molecule has 0 radical (unpaired) electrons. The van der Waals surface area contributed by atoms with Gasteiger partial charge in [0.25, 0.3) is 0 Å². The zero-order valence-corrected chi connectivity index (χ0v) is 12.8. The Bertz CT molecular complexity index is 242. The molecule has 1 unspecified atom stereocenters. The Morgan fingerprint density at radius 3 is 2.24 bits per heavy atom. The van der Waals surface area contributed by atoms with Crippen LogP contribution in [0.15, 0.2) is 0 Å². The second-order valence-corrected chi connectivity index (χ2v) is 7.18. The number of rotatable bonds is 3. The van der Waals surface area contributed by atoms with Gasteiger partial charge in [0.2, 0.25) is 0 Å². The minimum absolute atomic E-state index is 0.300. The van der Waals surface area contributed by atoms with Crippen molar-refractivity contribution >= 4 is 0 Å². The number of hydrogen-bond acceptors (Lipinski definition) is 3. The Hall–Kier alpha value is -0.120. The SMILES string of the molecule is CNC(CN1CCN(C)C(C)(C)C1)C(C)(C)C. The second kappa shape index (κ2) is 5.25. The van der Waals surface area contributed by atoms with Gasteiger partial charge in [-0.2, -0.15) is 0 Å². The van der Waals surface area contributed by atoms with Crippen LogP contribution in [0.4, 0.5) is 0 Å². The smallest absolute Gasteiger partial charge is 0.0277 e. The topological polar surface area (TPSA) is 18.5 Å². The summed E-state index contributed by atoms with van der Waals surface area (Å²) >= 11 is 0.